The molecule has 1 aliphatic carbocycles. The molecule has 2 aliphatic rings. The van der Waals surface area contributed by atoms with E-state index in [1.165, 1.54) is 22.3 Å². The standard InChI is InChI=1S/C23H36O2/c1-16(2)20-15-14-18(4)11-8-10-17(3)12-9-13-19(5)21-22(20)25-23(6,7)24-21/h10,13-16,21-22H,8-9,11-12H2,1-7H3/b17-10+,18-14+,19-13+,20-15-/t21-,22+/m0/s1. The number of rotatable bonds is 1. The smallest absolute Gasteiger partial charge is 0.164 e. The van der Waals surface area contributed by atoms with Gasteiger partial charge in [-0.05, 0) is 77.4 Å². The summed E-state index contributed by atoms with van der Waals surface area (Å²) in [5, 5.41) is 0. The molecule has 0 saturated carbocycles. The molecule has 2 nitrogen and oxygen atoms in total. The minimum atomic E-state index is -0.541. The molecule has 1 saturated heterocycles. The van der Waals surface area contributed by atoms with E-state index in [9.17, 15) is 0 Å². The first-order valence-electron chi connectivity index (χ1n) is 9.75. The van der Waals surface area contributed by atoms with Crippen LogP contribution in [0.3, 0.4) is 0 Å². The van der Waals surface area contributed by atoms with Gasteiger partial charge in [0.15, 0.2) is 5.79 Å². The number of ether oxygens (including phenoxy) is 2. The summed E-state index contributed by atoms with van der Waals surface area (Å²) in [6.45, 7) is 15.2. The second kappa shape index (κ2) is 8.51. The van der Waals surface area contributed by atoms with E-state index in [1.54, 1.807) is 0 Å². The van der Waals surface area contributed by atoms with Gasteiger partial charge in [-0.1, -0.05) is 49.3 Å². The summed E-state index contributed by atoms with van der Waals surface area (Å²) in [6.07, 6.45) is 13.7. The first kappa shape index (κ1) is 20.2. The van der Waals surface area contributed by atoms with Gasteiger partial charge in [0.05, 0.1) is 0 Å². The topological polar surface area (TPSA) is 18.5 Å². The highest BCUT2D eigenvalue weighted by molar-refractivity contribution is 5.27. The monoisotopic (exact) mass is 344 g/mol. The molecule has 0 radical (unpaired) electrons. The molecule has 0 unspecified atom stereocenters. The van der Waals surface area contributed by atoms with E-state index < -0.39 is 5.79 Å². The zero-order valence-electron chi connectivity index (χ0n) is 17.2. The van der Waals surface area contributed by atoms with Crippen molar-refractivity contribution in [1.82, 2.24) is 0 Å². The molecule has 0 N–H and O–H groups in total. The summed E-state index contributed by atoms with van der Waals surface area (Å²) in [5.74, 6) is -0.113. The molecule has 0 amide bonds. The lowest BCUT2D eigenvalue weighted by molar-refractivity contribution is -0.141. The maximum atomic E-state index is 6.34. The third-order valence-corrected chi connectivity index (χ3v) is 5.14. The maximum absolute atomic E-state index is 6.34. The highest BCUT2D eigenvalue weighted by atomic mass is 16.7. The molecule has 2 atom stereocenters. The summed E-state index contributed by atoms with van der Waals surface area (Å²) in [7, 11) is 0. The lowest BCUT2D eigenvalue weighted by atomic mass is 9.90. The Morgan fingerprint density at radius 2 is 1.48 bits per heavy atom. The van der Waals surface area contributed by atoms with E-state index in [1.807, 2.05) is 13.8 Å². The zero-order chi connectivity index (χ0) is 18.6. The Labute approximate surface area is 154 Å². The molecule has 2 heteroatoms. The van der Waals surface area contributed by atoms with Crippen LogP contribution in [0.4, 0.5) is 0 Å². The minimum Gasteiger partial charge on any atom is -0.340 e. The van der Waals surface area contributed by atoms with E-state index in [4.69, 9.17) is 9.47 Å². The molecule has 25 heavy (non-hydrogen) atoms. The van der Waals surface area contributed by atoms with Crippen molar-refractivity contribution in [3.63, 3.8) is 0 Å². The summed E-state index contributed by atoms with van der Waals surface area (Å²) < 4.78 is 12.6. The van der Waals surface area contributed by atoms with Crippen molar-refractivity contribution in [3.8, 4) is 0 Å². The Morgan fingerprint density at radius 1 is 0.880 bits per heavy atom. The van der Waals surface area contributed by atoms with Crippen LogP contribution in [0.25, 0.3) is 0 Å². The van der Waals surface area contributed by atoms with E-state index in [0.717, 1.165) is 25.7 Å². The zero-order valence-corrected chi connectivity index (χ0v) is 17.2. The molecule has 0 bridgehead atoms. The van der Waals surface area contributed by atoms with Gasteiger partial charge >= 0.3 is 0 Å². The van der Waals surface area contributed by atoms with E-state index in [-0.39, 0.29) is 12.2 Å². The van der Waals surface area contributed by atoms with Gasteiger partial charge in [0.2, 0.25) is 0 Å². The van der Waals surface area contributed by atoms with Gasteiger partial charge in [-0.15, -0.1) is 0 Å². The lowest BCUT2D eigenvalue weighted by Crippen LogP contribution is -2.28. The molecule has 0 spiro atoms. The fraction of sp³-hybridized carbons (Fsp3) is 0.652. The van der Waals surface area contributed by atoms with Gasteiger partial charge in [-0.3, -0.25) is 0 Å². The first-order valence-corrected chi connectivity index (χ1v) is 9.75. The SMILES string of the molecule is C/C1=C\C=C(\C(C)C)[C@H]2OC(C)(C)O[C@H]2/C(C)=C/CC/C(C)=C/CC1. The Bertz CT molecular complexity index is 587. The van der Waals surface area contributed by atoms with Gasteiger partial charge < -0.3 is 9.47 Å². The summed E-state index contributed by atoms with van der Waals surface area (Å²) in [5.41, 5.74) is 5.51. The van der Waals surface area contributed by atoms with Gasteiger partial charge in [0.1, 0.15) is 12.2 Å². The fourth-order valence-corrected chi connectivity index (χ4v) is 3.57. The molecular weight excluding hydrogens is 308 g/mol. The molecule has 1 heterocycles. The van der Waals surface area contributed by atoms with Crippen molar-refractivity contribution in [3.05, 3.63) is 46.6 Å². The van der Waals surface area contributed by atoms with Crippen LogP contribution in [0.1, 0.15) is 74.1 Å². The second-order valence-corrected chi connectivity index (χ2v) is 8.39. The number of fused-ring (bicyclic) bond motifs is 1. The third kappa shape index (κ3) is 5.69. The highest BCUT2D eigenvalue weighted by Gasteiger charge is 2.43. The number of allylic oxidation sites excluding steroid dienone is 6. The maximum Gasteiger partial charge on any atom is 0.164 e. The number of hydrogen-bond donors (Lipinski definition) is 0. The Kier molecular flexibility index (Phi) is 6.87. The Hall–Kier alpha value is -1.12. The van der Waals surface area contributed by atoms with E-state index in [0.29, 0.717) is 5.92 Å². The van der Waals surface area contributed by atoms with Crippen LogP contribution in [0.15, 0.2) is 46.6 Å². The molecule has 1 fully saturated rings. The summed E-state index contributed by atoms with van der Waals surface area (Å²) in [6, 6.07) is 0. The van der Waals surface area contributed by atoms with Crippen LogP contribution in [-0.2, 0) is 9.47 Å². The van der Waals surface area contributed by atoms with Crippen LogP contribution in [0, 0.1) is 5.92 Å². The first-order chi connectivity index (χ1) is 11.7. The Morgan fingerprint density at radius 3 is 2.16 bits per heavy atom. The van der Waals surface area contributed by atoms with Crippen LogP contribution >= 0.6 is 0 Å². The molecule has 0 aromatic carbocycles. The van der Waals surface area contributed by atoms with Gasteiger partial charge in [-0.2, -0.15) is 0 Å². The predicted molar refractivity (Wildman–Crippen MR) is 106 cm³/mol. The third-order valence-electron chi connectivity index (χ3n) is 5.14. The molecule has 0 aromatic rings. The van der Waals surface area contributed by atoms with Crippen molar-refractivity contribution < 1.29 is 9.47 Å². The quantitative estimate of drug-likeness (QED) is 0.505. The lowest BCUT2D eigenvalue weighted by Gasteiger charge is -2.23. The second-order valence-electron chi connectivity index (χ2n) is 8.39. The number of hydrogen-bond acceptors (Lipinski definition) is 2. The van der Waals surface area contributed by atoms with E-state index >= 15 is 0 Å². The average molecular weight is 345 g/mol. The fourth-order valence-electron chi connectivity index (χ4n) is 3.57. The molecule has 140 valence electrons. The molecule has 1 aliphatic heterocycles. The van der Waals surface area contributed by atoms with Crippen LogP contribution in [0.2, 0.25) is 0 Å². The van der Waals surface area contributed by atoms with Gasteiger partial charge in [-0.25, -0.2) is 0 Å². The largest absolute Gasteiger partial charge is 0.340 e. The highest BCUT2D eigenvalue weighted by Crippen LogP contribution is 2.38. The summed E-state index contributed by atoms with van der Waals surface area (Å²) >= 11 is 0. The molecule has 2 rings (SSSR count). The normalized spacial score (nSPS) is 36.8. The van der Waals surface area contributed by atoms with E-state index in [2.05, 4.69) is 58.9 Å². The Balaban J connectivity index is 2.42. The molecule has 0 aromatic heterocycles. The molecular formula is C23H36O2. The van der Waals surface area contributed by atoms with Crippen molar-refractivity contribution >= 4 is 0 Å². The average Bonchev–Trinajstić information content (AvgIpc) is 2.82. The predicted octanol–water partition coefficient (Wildman–Crippen LogP) is 6.50. The van der Waals surface area contributed by atoms with Crippen LogP contribution in [-0.4, -0.2) is 18.0 Å². The van der Waals surface area contributed by atoms with Crippen LogP contribution in [0.5, 0.6) is 0 Å². The summed E-state index contributed by atoms with van der Waals surface area (Å²) in [4.78, 5) is 0. The van der Waals surface area contributed by atoms with Gasteiger partial charge in [0.25, 0.3) is 0 Å². The van der Waals surface area contributed by atoms with Crippen molar-refractivity contribution in [2.75, 3.05) is 0 Å². The van der Waals surface area contributed by atoms with Crippen LogP contribution < -0.4 is 0 Å². The van der Waals surface area contributed by atoms with Crippen molar-refractivity contribution in [2.24, 2.45) is 5.92 Å². The van der Waals surface area contributed by atoms with Crippen molar-refractivity contribution in [2.45, 2.75) is 92.1 Å². The van der Waals surface area contributed by atoms with Gasteiger partial charge in [0, 0.05) is 0 Å². The minimum absolute atomic E-state index is 0.00424. The van der Waals surface area contributed by atoms with Crippen molar-refractivity contribution in [1.29, 1.82) is 0 Å².